The topological polar surface area (TPSA) is 57.6 Å². The Hall–Kier alpha value is -0.620. The van der Waals surface area contributed by atoms with E-state index in [1.54, 1.807) is 12.1 Å². The Morgan fingerprint density at radius 3 is 2.28 bits per heavy atom. The maximum Gasteiger partial charge on any atom is 0.243 e. The summed E-state index contributed by atoms with van der Waals surface area (Å²) in [5.74, 6) is 0. The summed E-state index contributed by atoms with van der Waals surface area (Å²) in [6, 6.07) is 5.94. The molecule has 0 aliphatic carbocycles. The minimum atomic E-state index is -3.53. The van der Waals surface area contributed by atoms with Crippen LogP contribution < -0.4 is 0 Å². The molecule has 0 aromatic heterocycles. The van der Waals surface area contributed by atoms with E-state index in [1.165, 1.54) is 16.4 Å². The van der Waals surface area contributed by atoms with Crippen LogP contribution in [0.25, 0.3) is 0 Å². The Morgan fingerprint density at radius 2 is 1.83 bits per heavy atom. The predicted molar refractivity (Wildman–Crippen MR) is 72.2 cm³/mol. The van der Waals surface area contributed by atoms with Crippen molar-refractivity contribution >= 4 is 21.6 Å². The van der Waals surface area contributed by atoms with E-state index in [-0.39, 0.29) is 17.5 Å². The van der Waals surface area contributed by atoms with Gasteiger partial charge in [0.15, 0.2) is 0 Å². The molecule has 0 radical (unpaired) electrons. The van der Waals surface area contributed by atoms with E-state index in [1.807, 2.05) is 13.8 Å². The summed E-state index contributed by atoms with van der Waals surface area (Å²) in [5, 5.41) is 9.33. The number of hydrogen-bond acceptors (Lipinski definition) is 3. The van der Waals surface area contributed by atoms with Crippen LogP contribution in [0.4, 0.5) is 0 Å². The lowest BCUT2D eigenvalue weighted by Gasteiger charge is -2.25. The van der Waals surface area contributed by atoms with Gasteiger partial charge in [-0.05, 0) is 44.5 Å². The van der Waals surface area contributed by atoms with Crippen molar-refractivity contribution in [3.05, 3.63) is 29.3 Å². The minimum Gasteiger partial charge on any atom is -0.396 e. The standard InChI is InChI=1S/C12H18ClNO3S/c1-10(2)14(8-3-9-15)18(16,17)12-6-4-11(13)5-7-12/h4-7,10,15H,3,8-9H2,1-2H3. The molecule has 1 rings (SSSR count). The van der Waals surface area contributed by atoms with Crippen LogP contribution in [-0.2, 0) is 10.0 Å². The van der Waals surface area contributed by atoms with Crippen molar-refractivity contribution in [2.45, 2.75) is 31.2 Å². The average Bonchev–Trinajstić information content (AvgIpc) is 2.29. The van der Waals surface area contributed by atoms with Gasteiger partial charge in [0.05, 0.1) is 4.90 Å². The van der Waals surface area contributed by atoms with E-state index in [0.29, 0.717) is 18.0 Å². The van der Waals surface area contributed by atoms with Crippen LogP contribution in [0.3, 0.4) is 0 Å². The molecule has 0 saturated heterocycles. The maximum atomic E-state index is 12.4. The van der Waals surface area contributed by atoms with Crippen LogP contribution in [0, 0.1) is 0 Å². The summed E-state index contributed by atoms with van der Waals surface area (Å²) < 4.78 is 26.2. The van der Waals surface area contributed by atoms with Crippen molar-refractivity contribution in [1.29, 1.82) is 0 Å². The van der Waals surface area contributed by atoms with Gasteiger partial charge in [0.2, 0.25) is 10.0 Å². The van der Waals surface area contributed by atoms with Crippen LogP contribution in [0.1, 0.15) is 20.3 Å². The highest BCUT2D eigenvalue weighted by Crippen LogP contribution is 2.20. The third-order valence-corrected chi connectivity index (χ3v) is 4.87. The summed E-state index contributed by atoms with van der Waals surface area (Å²) in [7, 11) is -3.53. The molecule has 0 aliphatic rings. The minimum absolute atomic E-state index is 0.0284. The number of hydrogen-bond donors (Lipinski definition) is 1. The predicted octanol–water partition coefficient (Wildman–Crippen LogP) is 2.12. The van der Waals surface area contributed by atoms with Gasteiger partial charge < -0.3 is 5.11 Å². The zero-order valence-electron chi connectivity index (χ0n) is 10.5. The van der Waals surface area contributed by atoms with Crippen molar-refractivity contribution in [3.63, 3.8) is 0 Å². The third-order valence-electron chi connectivity index (χ3n) is 2.53. The fourth-order valence-corrected chi connectivity index (χ4v) is 3.43. The zero-order valence-corrected chi connectivity index (χ0v) is 12.1. The van der Waals surface area contributed by atoms with E-state index in [4.69, 9.17) is 16.7 Å². The Labute approximate surface area is 113 Å². The molecule has 4 nitrogen and oxygen atoms in total. The Balaban J connectivity index is 3.05. The van der Waals surface area contributed by atoms with Crippen LogP contribution in [0.15, 0.2) is 29.2 Å². The smallest absolute Gasteiger partial charge is 0.243 e. The van der Waals surface area contributed by atoms with Crippen molar-refractivity contribution in [2.24, 2.45) is 0 Å². The molecule has 0 spiro atoms. The van der Waals surface area contributed by atoms with Crippen molar-refractivity contribution in [2.75, 3.05) is 13.2 Å². The van der Waals surface area contributed by atoms with Crippen molar-refractivity contribution in [3.8, 4) is 0 Å². The summed E-state index contributed by atoms with van der Waals surface area (Å²) >= 11 is 5.75. The maximum absolute atomic E-state index is 12.4. The quantitative estimate of drug-likeness (QED) is 0.873. The number of benzene rings is 1. The molecule has 18 heavy (non-hydrogen) atoms. The summed E-state index contributed by atoms with van der Waals surface area (Å²) in [6.07, 6.45) is 0.422. The molecule has 0 amide bonds. The monoisotopic (exact) mass is 291 g/mol. The van der Waals surface area contributed by atoms with Crippen LogP contribution in [0.2, 0.25) is 5.02 Å². The molecule has 0 heterocycles. The highest BCUT2D eigenvalue weighted by molar-refractivity contribution is 7.89. The molecule has 0 saturated carbocycles. The summed E-state index contributed by atoms with van der Waals surface area (Å²) in [6.45, 7) is 3.90. The number of aliphatic hydroxyl groups is 1. The summed E-state index contributed by atoms with van der Waals surface area (Å²) in [4.78, 5) is 0.221. The molecule has 0 unspecified atom stereocenters. The van der Waals surface area contributed by atoms with Gasteiger partial charge >= 0.3 is 0 Å². The Kier molecular flexibility index (Phi) is 5.59. The van der Waals surface area contributed by atoms with Gasteiger partial charge in [-0.15, -0.1) is 0 Å². The van der Waals surface area contributed by atoms with Crippen LogP contribution in [-0.4, -0.2) is 37.0 Å². The lowest BCUT2D eigenvalue weighted by atomic mass is 10.3. The average molecular weight is 292 g/mol. The number of nitrogens with zero attached hydrogens (tertiary/aromatic N) is 1. The van der Waals surface area contributed by atoms with Gasteiger partial charge in [0.1, 0.15) is 0 Å². The Bertz CT molecular complexity index is 471. The molecular weight excluding hydrogens is 274 g/mol. The Morgan fingerprint density at radius 1 is 1.28 bits per heavy atom. The van der Waals surface area contributed by atoms with E-state index in [2.05, 4.69) is 0 Å². The second kappa shape index (κ2) is 6.52. The third kappa shape index (κ3) is 3.68. The van der Waals surface area contributed by atoms with Gasteiger partial charge in [0, 0.05) is 24.2 Å². The van der Waals surface area contributed by atoms with Crippen molar-refractivity contribution in [1.82, 2.24) is 4.31 Å². The number of sulfonamides is 1. The number of rotatable bonds is 6. The van der Waals surface area contributed by atoms with E-state index >= 15 is 0 Å². The second-order valence-electron chi connectivity index (χ2n) is 4.24. The first-order valence-electron chi connectivity index (χ1n) is 5.78. The second-order valence-corrected chi connectivity index (χ2v) is 6.57. The van der Waals surface area contributed by atoms with Crippen LogP contribution >= 0.6 is 11.6 Å². The normalized spacial score (nSPS) is 12.3. The molecule has 0 bridgehead atoms. The first-order valence-corrected chi connectivity index (χ1v) is 7.59. The fraction of sp³-hybridized carbons (Fsp3) is 0.500. The summed E-state index contributed by atoms with van der Waals surface area (Å²) in [5.41, 5.74) is 0. The number of aliphatic hydroxyl groups excluding tert-OH is 1. The molecule has 102 valence electrons. The highest BCUT2D eigenvalue weighted by Gasteiger charge is 2.26. The first kappa shape index (κ1) is 15.4. The van der Waals surface area contributed by atoms with Gasteiger partial charge in [-0.2, -0.15) is 4.31 Å². The van der Waals surface area contributed by atoms with Crippen LogP contribution in [0.5, 0.6) is 0 Å². The molecule has 6 heteroatoms. The van der Waals surface area contributed by atoms with Gasteiger partial charge in [-0.25, -0.2) is 8.42 Å². The van der Waals surface area contributed by atoms with E-state index < -0.39 is 10.0 Å². The lowest BCUT2D eigenvalue weighted by Crippen LogP contribution is -2.38. The molecule has 0 atom stereocenters. The molecular formula is C12H18ClNO3S. The van der Waals surface area contributed by atoms with Gasteiger partial charge in [0.25, 0.3) is 0 Å². The first-order chi connectivity index (χ1) is 8.39. The molecule has 1 aromatic rings. The molecule has 1 aromatic carbocycles. The molecule has 0 aliphatic heterocycles. The van der Waals surface area contributed by atoms with Crippen molar-refractivity contribution < 1.29 is 13.5 Å². The highest BCUT2D eigenvalue weighted by atomic mass is 35.5. The number of halogens is 1. The van der Waals surface area contributed by atoms with Gasteiger partial charge in [-0.1, -0.05) is 11.6 Å². The fourth-order valence-electron chi connectivity index (χ4n) is 1.62. The SMILES string of the molecule is CC(C)N(CCCO)S(=O)(=O)c1ccc(Cl)cc1. The molecule has 1 N–H and O–H groups in total. The van der Waals surface area contributed by atoms with E-state index in [0.717, 1.165) is 0 Å². The zero-order chi connectivity index (χ0) is 13.8. The van der Waals surface area contributed by atoms with Gasteiger partial charge in [-0.3, -0.25) is 0 Å². The largest absolute Gasteiger partial charge is 0.396 e. The lowest BCUT2D eigenvalue weighted by molar-refractivity contribution is 0.258. The van der Waals surface area contributed by atoms with E-state index in [9.17, 15) is 8.42 Å². The molecule has 0 fully saturated rings.